The van der Waals surface area contributed by atoms with Gasteiger partial charge in [-0.05, 0) is 36.8 Å². The van der Waals surface area contributed by atoms with E-state index in [4.69, 9.17) is 5.73 Å². The lowest BCUT2D eigenvalue weighted by molar-refractivity contribution is -0.138. The largest absolute Gasteiger partial charge is 0.416 e. The van der Waals surface area contributed by atoms with E-state index in [2.05, 4.69) is 0 Å². The molecule has 2 N–H and O–H groups in total. The van der Waals surface area contributed by atoms with Crippen molar-refractivity contribution in [3.63, 3.8) is 0 Å². The number of nitrogens with two attached hydrogens (primary N) is 1. The molecule has 8 nitrogen and oxygen atoms in total. The summed E-state index contributed by atoms with van der Waals surface area (Å²) in [5.74, 6) is -1.21. The van der Waals surface area contributed by atoms with Crippen molar-refractivity contribution in [1.29, 1.82) is 0 Å². The standard InChI is InChI=1S/C26H27F3N4O4S/c1-18-21(25(30)35)15-23(33(18)16-19-7-5-6-10-22(19)26(27,28)29)24(34)17-31-11-13-32(14-12-31)38(36,37)20-8-3-2-4-9-20/h2-10,15H,11-14,16-17H2,1H3,(H2,30,35). The zero-order valence-corrected chi connectivity index (χ0v) is 21.4. The fraction of sp³-hybridized carbons (Fsp3) is 0.308. The number of halogens is 3. The van der Waals surface area contributed by atoms with Gasteiger partial charge in [0, 0.05) is 38.4 Å². The number of hydrogen-bond donors (Lipinski definition) is 1. The van der Waals surface area contributed by atoms with E-state index in [0.29, 0.717) is 0 Å². The number of alkyl halides is 3. The van der Waals surface area contributed by atoms with Crippen molar-refractivity contribution in [2.45, 2.75) is 24.5 Å². The second-order valence-corrected chi connectivity index (χ2v) is 11.0. The number of carbonyl (C=O) groups excluding carboxylic acids is 2. The van der Waals surface area contributed by atoms with Crippen LogP contribution in [0.4, 0.5) is 13.2 Å². The van der Waals surface area contributed by atoms with Crippen LogP contribution in [0.5, 0.6) is 0 Å². The summed E-state index contributed by atoms with van der Waals surface area (Å²) in [6.07, 6.45) is -4.59. The van der Waals surface area contributed by atoms with Gasteiger partial charge in [0.25, 0.3) is 5.91 Å². The molecule has 4 rings (SSSR count). The quantitative estimate of drug-likeness (QED) is 0.436. The molecule has 2 aromatic carbocycles. The lowest BCUT2D eigenvalue weighted by atomic mass is 10.1. The monoisotopic (exact) mass is 548 g/mol. The van der Waals surface area contributed by atoms with Crippen LogP contribution < -0.4 is 5.73 Å². The van der Waals surface area contributed by atoms with Crippen molar-refractivity contribution in [3.05, 3.63) is 88.7 Å². The molecular weight excluding hydrogens is 521 g/mol. The third-order valence-corrected chi connectivity index (χ3v) is 8.56. The minimum Gasteiger partial charge on any atom is -0.366 e. The summed E-state index contributed by atoms with van der Waals surface area (Å²) in [5, 5.41) is 0. The Morgan fingerprint density at radius 3 is 2.16 bits per heavy atom. The third-order valence-electron chi connectivity index (χ3n) is 6.65. The van der Waals surface area contributed by atoms with Crippen LogP contribution in [0.1, 0.15) is 37.7 Å². The Morgan fingerprint density at radius 2 is 1.55 bits per heavy atom. The lowest BCUT2D eigenvalue weighted by Crippen LogP contribution is -2.49. The topological polar surface area (TPSA) is 106 Å². The van der Waals surface area contributed by atoms with Crippen LogP contribution in [0, 0.1) is 6.92 Å². The van der Waals surface area contributed by atoms with Crippen LogP contribution in [0.2, 0.25) is 0 Å². The van der Waals surface area contributed by atoms with Crippen LogP contribution in [0.15, 0.2) is 65.6 Å². The summed E-state index contributed by atoms with van der Waals surface area (Å²) < 4.78 is 69.2. The van der Waals surface area contributed by atoms with Gasteiger partial charge in [-0.25, -0.2) is 8.42 Å². The Kier molecular flexibility index (Phi) is 7.77. The van der Waals surface area contributed by atoms with Crippen molar-refractivity contribution >= 4 is 21.7 Å². The van der Waals surface area contributed by atoms with Gasteiger partial charge < -0.3 is 10.3 Å². The van der Waals surface area contributed by atoms with Gasteiger partial charge in [-0.15, -0.1) is 0 Å². The molecule has 1 aliphatic rings. The van der Waals surface area contributed by atoms with Crippen molar-refractivity contribution in [2.75, 3.05) is 32.7 Å². The summed E-state index contributed by atoms with van der Waals surface area (Å²) >= 11 is 0. The third kappa shape index (κ3) is 5.66. The van der Waals surface area contributed by atoms with Gasteiger partial charge in [0.05, 0.1) is 28.3 Å². The van der Waals surface area contributed by atoms with Crippen LogP contribution in [-0.4, -0.2) is 66.6 Å². The summed E-state index contributed by atoms with van der Waals surface area (Å²) in [6.45, 7) is 2.08. The van der Waals surface area contributed by atoms with E-state index in [9.17, 15) is 31.2 Å². The van der Waals surface area contributed by atoms with Crippen molar-refractivity contribution < 1.29 is 31.2 Å². The van der Waals surface area contributed by atoms with E-state index in [1.54, 1.807) is 23.1 Å². The van der Waals surface area contributed by atoms with E-state index in [0.717, 1.165) is 6.07 Å². The van der Waals surface area contributed by atoms with Crippen molar-refractivity contribution in [1.82, 2.24) is 13.8 Å². The molecule has 1 saturated heterocycles. The lowest BCUT2D eigenvalue weighted by Gasteiger charge is -2.33. The van der Waals surface area contributed by atoms with Crippen LogP contribution in [0.25, 0.3) is 0 Å². The molecule has 3 aromatic rings. The first kappa shape index (κ1) is 27.6. The number of primary amides is 1. The van der Waals surface area contributed by atoms with Crippen molar-refractivity contribution in [2.24, 2.45) is 5.73 Å². The van der Waals surface area contributed by atoms with Gasteiger partial charge in [0.15, 0.2) is 5.78 Å². The molecule has 0 radical (unpaired) electrons. The Bertz CT molecular complexity index is 1440. The van der Waals surface area contributed by atoms with Gasteiger partial charge in [-0.2, -0.15) is 17.5 Å². The predicted molar refractivity (Wildman–Crippen MR) is 134 cm³/mol. The zero-order chi connectivity index (χ0) is 27.7. The molecule has 1 amide bonds. The van der Waals surface area contributed by atoms with Gasteiger partial charge in [0.1, 0.15) is 0 Å². The Morgan fingerprint density at radius 1 is 0.947 bits per heavy atom. The number of hydrogen-bond acceptors (Lipinski definition) is 5. The average molecular weight is 549 g/mol. The molecule has 1 aromatic heterocycles. The highest BCUT2D eigenvalue weighted by Crippen LogP contribution is 2.33. The number of sulfonamides is 1. The molecule has 0 unspecified atom stereocenters. The number of Topliss-reactive ketones (excluding diaryl/α,β-unsaturated/α-hetero) is 1. The Balaban J connectivity index is 1.53. The van der Waals surface area contributed by atoms with Crippen LogP contribution >= 0.6 is 0 Å². The number of amides is 1. The molecule has 1 aliphatic heterocycles. The van der Waals surface area contributed by atoms with E-state index in [1.807, 2.05) is 0 Å². The van der Waals surface area contributed by atoms with Crippen LogP contribution in [-0.2, 0) is 22.7 Å². The molecule has 0 saturated carbocycles. The second kappa shape index (κ2) is 10.7. The number of ketones is 1. The molecule has 0 aliphatic carbocycles. The van der Waals surface area contributed by atoms with Crippen molar-refractivity contribution in [3.8, 4) is 0 Å². The molecule has 1 fully saturated rings. The number of aromatic nitrogens is 1. The SMILES string of the molecule is Cc1c(C(N)=O)cc(C(=O)CN2CCN(S(=O)(=O)c3ccccc3)CC2)n1Cc1ccccc1C(F)(F)F. The maximum Gasteiger partial charge on any atom is 0.416 e. The Hall–Kier alpha value is -3.48. The van der Waals surface area contributed by atoms with Gasteiger partial charge in [-0.3, -0.25) is 14.5 Å². The molecular formula is C26H27F3N4O4S. The summed E-state index contributed by atoms with van der Waals surface area (Å²) in [4.78, 5) is 27.3. The Labute approximate surface area is 218 Å². The molecule has 38 heavy (non-hydrogen) atoms. The number of nitrogens with zero attached hydrogens (tertiary/aromatic N) is 3. The van der Waals surface area contributed by atoms with E-state index in [1.165, 1.54) is 52.2 Å². The minimum absolute atomic E-state index is 0.0523. The summed E-state index contributed by atoms with van der Waals surface area (Å²) in [6, 6.07) is 14.4. The number of piperazine rings is 1. The van der Waals surface area contributed by atoms with Gasteiger partial charge in [0.2, 0.25) is 10.0 Å². The van der Waals surface area contributed by atoms with E-state index >= 15 is 0 Å². The zero-order valence-electron chi connectivity index (χ0n) is 20.6. The second-order valence-electron chi connectivity index (χ2n) is 9.05. The molecule has 12 heteroatoms. The first-order chi connectivity index (χ1) is 17.9. The normalized spacial score (nSPS) is 15.5. The predicted octanol–water partition coefficient (Wildman–Crippen LogP) is 3.15. The fourth-order valence-electron chi connectivity index (χ4n) is 4.59. The molecule has 202 valence electrons. The van der Waals surface area contributed by atoms with Gasteiger partial charge >= 0.3 is 6.18 Å². The summed E-state index contributed by atoms with van der Waals surface area (Å²) in [7, 11) is -3.66. The highest BCUT2D eigenvalue weighted by Gasteiger charge is 2.34. The fourth-order valence-corrected chi connectivity index (χ4v) is 6.03. The first-order valence-electron chi connectivity index (χ1n) is 11.9. The maximum atomic E-state index is 13.6. The first-order valence-corrected chi connectivity index (χ1v) is 13.3. The van der Waals surface area contributed by atoms with E-state index < -0.39 is 33.5 Å². The minimum atomic E-state index is -4.59. The highest BCUT2D eigenvalue weighted by molar-refractivity contribution is 7.89. The average Bonchev–Trinajstić information content (AvgIpc) is 3.21. The molecule has 0 spiro atoms. The molecule has 0 bridgehead atoms. The maximum absolute atomic E-state index is 13.6. The summed E-state index contributed by atoms with van der Waals surface area (Å²) in [5.41, 5.74) is 4.98. The van der Waals surface area contributed by atoms with E-state index in [-0.39, 0.29) is 66.7 Å². The van der Waals surface area contributed by atoms with Gasteiger partial charge in [-0.1, -0.05) is 36.4 Å². The molecule has 2 heterocycles. The smallest absolute Gasteiger partial charge is 0.366 e. The number of benzene rings is 2. The van der Waals surface area contributed by atoms with Crippen LogP contribution in [0.3, 0.4) is 0 Å². The number of carbonyl (C=O) groups is 2. The number of rotatable bonds is 8. The molecule has 0 atom stereocenters. The highest BCUT2D eigenvalue weighted by atomic mass is 32.2.